The number of nitrogens with one attached hydrogen (secondary N) is 1. The lowest BCUT2D eigenvalue weighted by Crippen LogP contribution is -2.18. The van der Waals surface area contributed by atoms with Crippen LogP contribution < -0.4 is 11.1 Å². The standard InChI is InChI=1S/C16H20N4O2/c1-10-14(15(17)22)11(2)20-16(19-10)18-8-4-6-12-5-3-7-13(21)9-12/h3,5,7,9,21H,4,6,8H2,1-2H3,(H2,17,22)(H,18,19,20). The highest BCUT2D eigenvalue weighted by Crippen LogP contribution is 2.14. The first-order valence-corrected chi connectivity index (χ1v) is 7.14. The van der Waals surface area contributed by atoms with Gasteiger partial charge in [0.2, 0.25) is 5.95 Å². The highest BCUT2D eigenvalue weighted by atomic mass is 16.3. The molecule has 2 aromatic rings. The molecule has 0 saturated heterocycles. The fraction of sp³-hybridized carbons (Fsp3) is 0.312. The summed E-state index contributed by atoms with van der Waals surface area (Å²) < 4.78 is 0. The second-order valence-electron chi connectivity index (χ2n) is 5.16. The number of carbonyl (C=O) groups is 1. The zero-order chi connectivity index (χ0) is 16.1. The monoisotopic (exact) mass is 300 g/mol. The van der Waals surface area contributed by atoms with Crippen molar-refractivity contribution in [2.24, 2.45) is 5.73 Å². The van der Waals surface area contributed by atoms with Crippen molar-refractivity contribution in [1.82, 2.24) is 9.97 Å². The third-order valence-electron chi connectivity index (χ3n) is 3.35. The van der Waals surface area contributed by atoms with Crippen LogP contribution in [0.15, 0.2) is 24.3 Å². The Balaban J connectivity index is 1.91. The van der Waals surface area contributed by atoms with Crippen molar-refractivity contribution in [3.63, 3.8) is 0 Å². The number of primary amides is 1. The second kappa shape index (κ2) is 6.89. The van der Waals surface area contributed by atoms with Crippen LogP contribution >= 0.6 is 0 Å². The molecule has 6 heteroatoms. The average Bonchev–Trinajstić information content (AvgIpc) is 2.42. The fourth-order valence-corrected chi connectivity index (χ4v) is 2.36. The number of nitrogens with two attached hydrogens (primary N) is 1. The number of phenolic OH excluding ortho intramolecular Hbond substituents is 1. The normalized spacial score (nSPS) is 10.5. The van der Waals surface area contributed by atoms with Gasteiger partial charge >= 0.3 is 0 Å². The highest BCUT2D eigenvalue weighted by Gasteiger charge is 2.12. The van der Waals surface area contributed by atoms with E-state index in [0.717, 1.165) is 18.4 Å². The van der Waals surface area contributed by atoms with Crippen LogP contribution in [-0.2, 0) is 6.42 Å². The predicted molar refractivity (Wildman–Crippen MR) is 84.9 cm³/mol. The molecule has 116 valence electrons. The topological polar surface area (TPSA) is 101 Å². The first-order chi connectivity index (χ1) is 10.5. The Kier molecular flexibility index (Phi) is 4.93. The van der Waals surface area contributed by atoms with Crippen molar-refractivity contribution in [2.45, 2.75) is 26.7 Å². The van der Waals surface area contributed by atoms with Crippen LogP contribution in [0.5, 0.6) is 5.75 Å². The van der Waals surface area contributed by atoms with E-state index in [9.17, 15) is 9.90 Å². The van der Waals surface area contributed by atoms with Crippen molar-refractivity contribution in [3.05, 3.63) is 46.8 Å². The second-order valence-corrected chi connectivity index (χ2v) is 5.16. The van der Waals surface area contributed by atoms with E-state index in [1.165, 1.54) is 0 Å². The Hall–Kier alpha value is -2.63. The number of aryl methyl sites for hydroxylation is 3. The first-order valence-electron chi connectivity index (χ1n) is 7.14. The number of anilines is 1. The summed E-state index contributed by atoms with van der Waals surface area (Å²) in [6.45, 7) is 4.18. The lowest BCUT2D eigenvalue weighted by Gasteiger charge is -2.09. The Morgan fingerprint density at radius 1 is 1.27 bits per heavy atom. The minimum absolute atomic E-state index is 0.280. The maximum absolute atomic E-state index is 11.3. The zero-order valence-corrected chi connectivity index (χ0v) is 12.8. The van der Waals surface area contributed by atoms with E-state index in [1.54, 1.807) is 26.0 Å². The molecule has 0 radical (unpaired) electrons. The molecular formula is C16H20N4O2. The van der Waals surface area contributed by atoms with Gasteiger partial charge in [0.05, 0.1) is 17.0 Å². The molecule has 0 atom stereocenters. The maximum Gasteiger partial charge on any atom is 0.252 e. The molecule has 1 amide bonds. The molecule has 0 spiro atoms. The number of nitrogens with zero attached hydrogens (tertiary/aromatic N) is 2. The van der Waals surface area contributed by atoms with Gasteiger partial charge in [-0.2, -0.15) is 0 Å². The molecule has 6 nitrogen and oxygen atoms in total. The van der Waals surface area contributed by atoms with Crippen molar-refractivity contribution in [3.8, 4) is 5.75 Å². The molecule has 1 aromatic carbocycles. The van der Waals surface area contributed by atoms with Crippen molar-refractivity contribution in [1.29, 1.82) is 0 Å². The Morgan fingerprint density at radius 3 is 2.55 bits per heavy atom. The summed E-state index contributed by atoms with van der Waals surface area (Å²) in [5, 5.41) is 12.5. The van der Waals surface area contributed by atoms with E-state index in [1.807, 2.05) is 12.1 Å². The fourth-order valence-electron chi connectivity index (χ4n) is 2.36. The summed E-state index contributed by atoms with van der Waals surface area (Å²) in [5.41, 5.74) is 7.92. The smallest absolute Gasteiger partial charge is 0.252 e. The van der Waals surface area contributed by atoms with Gasteiger partial charge in [0.25, 0.3) is 5.91 Å². The van der Waals surface area contributed by atoms with Gasteiger partial charge in [-0.15, -0.1) is 0 Å². The van der Waals surface area contributed by atoms with E-state index in [2.05, 4.69) is 15.3 Å². The van der Waals surface area contributed by atoms with Crippen molar-refractivity contribution in [2.75, 3.05) is 11.9 Å². The summed E-state index contributed by atoms with van der Waals surface area (Å²) >= 11 is 0. The van der Waals surface area contributed by atoms with Crippen LogP contribution in [-0.4, -0.2) is 27.5 Å². The van der Waals surface area contributed by atoms with Crippen LogP contribution in [0, 0.1) is 13.8 Å². The van der Waals surface area contributed by atoms with Crippen LogP contribution in [0.3, 0.4) is 0 Å². The minimum atomic E-state index is -0.509. The molecule has 0 aliphatic heterocycles. The summed E-state index contributed by atoms with van der Waals surface area (Å²) in [7, 11) is 0. The quantitative estimate of drug-likeness (QED) is 0.708. The number of aromatic nitrogens is 2. The van der Waals surface area contributed by atoms with Gasteiger partial charge in [-0.25, -0.2) is 9.97 Å². The molecular weight excluding hydrogens is 280 g/mol. The van der Waals surface area contributed by atoms with E-state index in [4.69, 9.17) is 5.73 Å². The molecule has 0 aliphatic carbocycles. The predicted octanol–water partition coefficient (Wildman–Crippen LogP) is 1.94. The molecule has 0 aliphatic rings. The van der Waals surface area contributed by atoms with Crippen LogP contribution in [0.25, 0.3) is 0 Å². The lowest BCUT2D eigenvalue weighted by molar-refractivity contribution is 0.0998. The molecule has 0 saturated carbocycles. The molecule has 0 bridgehead atoms. The summed E-state index contributed by atoms with van der Waals surface area (Å²) in [5.74, 6) is 0.267. The third kappa shape index (κ3) is 3.94. The summed E-state index contributed by atoms with van der Waals surface area (Å²) in [4.78, 5) is 19.8. The number of hydrogen-bond donors (Lipinski definition) is 3. The molecule has 1 heterocycles. The van der Waals surface area contributed by atoms with E-state index in [-0.39, 0.29) is 5.75 Å². The number of hydrogen-bond acceptors (Lipinski definition) is 5. The third-order valence-corrected chi connectivity index (χ3v) is 3.35. The van der Waals surface area contributed by atoms with Gasteiger partial charge in [0.15, 0.2) is 0 Å². The molecule has 22 heavy (non-hydrogen) atoms. The van der Waals surface area contributed by atoms with Crippen LogP contribution in [0.2, 0.25) is 0 Å². The van der Waals surface area contributed by atoms with E-state index >= 15 is 0 Å². The highest BCUT2D eigenvalue weighted by molar-refractivity contribution is 5.94. The number of carbonyl (C=O) groups excluding carboxylic acids is 1. The first kappa shape index (κ1) is 15.8. The van der Waals surface area contributed by atoms with Gasteiger partial charge in [-0.1, -0.05) is 12.1 Å². The number of amides is 1. The van der Waals surface area contributed by atoms with Gasteiger partial charge in [-0.3, -0.25) is 4.79 Å². The Labute approximate surface area is 129 Å². The molecule has 0 unspecified atom stereocenters. The number of aromatic hydroxyl groups is 1. The van der Waals surface area contributed by atoms with Crippen LogP contribution in [0.4, 0.5) is 5.95 Å². The lowest BCUT2D eigenvalue weighted by atomic mass is 10.1. The molecule has 1 aromatic heterocycles. The van der Waals surface area contributed by atoms with Gasteiger partial charge in [0, 0.05) is 6.54 Å². The van der Waals surface area contributed by atoms with Crippen LogP contribution in [0.1, 0.15) is 33.7 Å². The Bertz CT molecular complexity index is 663. The number of rotatable bonds is 6. The molecule has 2 rings (SSSR count). The minimum Gasteiger partial charge on any atom is -0.508 e. The van der Waals surface area contributed by atoms with E-state index < -0.39 is 5.91 Å². The number of benzene rings is 1. The average molecular weight is 300 g/mol. The van der Waals surface area contributed by atoms with Gasteiger partial charge < -0.3 is 16.2 Å². The SMILES string of the molecule is Cc1nc(NCCCc2cccc(O)c2)nc(C)c1C(N)=O. The van der Waals surface area contributed by atoms with Crippen molar-refractivity contribution >= 4 is 11.9 Å². The largest absolute Gasteiger partial charge is 0.508 e. The van der Waals surface area contributed by atoms with Crippen molar-refractivity contribution < 1.29 is 9.90 Å². The number of phenols is 1. The molecule has 4 N–H and O–H groups in total. The molecule has 0 fully saturated rings. The van der Waals surface area contributed by atoms with Gasteiger partial charge in [0.1, 0.15) is 5.75 Å². The zero-order valence-electron chi connectivity index (χ0n) is 12.8. The summed E-state index contributed by atoms with van der Waals surface area (Å²) in [6.07, 6.45) is 1.72. The van der Waals surface area contributed by atoms with E-state index in [0.29, 0.717) is 29.4 Å². The Morgan fingerprint density at radius 2 is 1.95 bits per heavy atom. The van der Waals surface area contributed by atoms with Gasteiger partial charge in [-0.05, 0) is 44.4 Å². The maximum atomic E-state index is 11.3. The summed E-state index contributed by atoms with van der Waals surface area (Å²) in [6, 6.07) is 7.22.